The van der Waals surface area contributed by atoms with E-state index in [0.717, 1.165) is 18.7 Å². The number of esters is 1. The molecule has 1 aliphatic carbocycles. The number of rotatable bonds is 6. The van der Waals surface area contributed by atoms with Crippen LogP contribution >= 0.6 is 12.2 Å². The van der Waals surface area contributed by atoms with Crippen LogP contribution in [0.1, 0.15) is 25.5 Å². The zero-order valence-electron chi connectivity index (χ0n) is 10.8. The van der Waals surface area contributed by atoms with Crippen LogP contribution < -0.4 is 10.6 Å². The molecule has 1 aromatic rings. The summed E-state index contributed by atoms with van der Waals surface area (Å²) in [7, 11) is 0. The lowest BCUT2D eigenvalue weighted by Crippen LogP contribution is -2.34. The fourth-order valence-corrected chi connectivity index (χ4v) is 1.96. The molecule has 2 N–H and O–H groups in total. The largest absolute Gasteiger partial charge is 0.465 e. The summed E-state index contributed by atoms with van der Waals surface area (Å²) in [6, 6.07) is 5.83. The third-order valence-electron chi connectivity index (χ3n) is 2.87. The Labute approximate surface area is 117 Å². The first-order valence-electron chi connectivity index (χ1n) is 6.31. The first-order valence-corrected chi connectivity index (χ1v) is 6.71. The molecule has 0 saturated heterocycles. The van der Waals surface area contributed by atoms with E-state index in [4.69, 9.17) is 22.7 Å². The van der Waals surface area contributed by atoms with Gasteiger partial charge >= 0.3 is 5.97 Å². The summed E-state index contributed by atoms with van der Waals surface area (Å²) < 4.78 is 4.99. The number of pyridine rings is 1. The van der Waals surface area contributed by atoms with Crippen molar-refractivity contribution in [3.8, 4) is 0 Å². The van der Waals surface area contributed by atoms with Crippen molar-refractivity contribution in [1.29, 1.82) is 0 Å². The lowest BCUT2D eigenvalue weighted by Gasteiger charge is -2.22. The summed E-state index contributed by atoms with van der Waals surface area (Å²) >= 11 is 4.92. The summed E-state index contributed by atoms with van der Waals surface area (Å²) in [6.07, 6.45) is 2.14. The molecular weight excluding hydrogens is 262 g/mol. The quantitative estimate of drug-likeness (QED) is 0.624. The third kappa shape index (κ3) is 3.64. The van der Waals surface area contributed by atoms with Crippen LogP contribution in [0.4, 0.5) is 5.82 Å². The number of nitrogens with zero attached hydrogens (tertiary/aromatic N) is 2. The van der Waals surface area contributed by atoms with Gasteiger partial charge in [0.05, 0.1) is 12.3 Å². The predicted molar refractivity (Wildman–Crippen MR) is 77.1 cm³/mol. The Morgan fingerprint density at radius 1 is 1.58 bits per heavy atom. The van der Waals surface area contributed by atoms with Crippen LogP contribution in [0, 0.1) is 0 Å². The van der Waals surface area contributed by atoms with E-state index < -0.39 is 0 Å². The molecule has 1 saturated carbocycles. The molecule has 1 fully saturated rings. The number of hydrogen-bond donors (Lipinski definition) is 1. The Bertz CT molecular complexity index is 489. The van der Waals surface area contributed by atoms with Gasteiger partial charge in [-0.3, -0.25) is 4.79 Å². The van der Waals surface area contributed by atoms with Crippen molar-refractivity contribution in [3.63, 3.8) is 0 Å². The molecule has 2 rings (SSSR count). The lowest BCUT2D eigenvalue weighted by molar-refractivity contribution is -0.141. The molecule has 0 unspecified atom stereocenters. The number of aromatic nitrogens is 1. The molecule has 0 aliphatic heterocycles. The molecule has 1 aromatic heterocycles. The normalized spacial score (nSPS) is 13.9. The van der Waals surface area contributed by atoms with E-state index in [2.05, 4.69) is 4.98 Å². The summed E-state index contributed by atoms with van der Waals surface area (Å²) in [5, 5.41) is 0. The van der Waals surface area contributed by atoms with Gasteiger partial charge < -0.3 is 15.4 Å². The summed E-state index contributed by atoms with van der Waals surface area (Å²) in [4.78, 5) is 18.3. The fourth-order valence-electron chi connectivity index (χ4n) is 1.85. The maximum absolute atomic E-state index is 11.6. The van der Waals surface area contributed by atoms with Crippen LogP contribution in [0.5, 0.6) is 0 Å². The second-order valence-corrected chi connectivity index (χ2v) is 4.85. The van der Waals surface area contributed by atoms with Gasteiger partial charge in [0, 0.05) is 6.04 Å². The van der Waals surface area contributed by atoms with E-state index >= 15 is 0 Å². The minimum absolute atomic E-state index is 0.215. The van der Waals surface area contributed by atoms with Crippen molar-refractivity contribution >= 4 is 29.0 Å². The number of carbonyl (C=O) groups excluding carboxylic acids is 1. The van der Waals surface area contributed by atoms with Crippen LogP contribution in [0.3, 0.4) is 0 Å². The van der Waals surface area contributed by atoms with Crippen LogP contribution in [0.25, 0.3) is 0 Å². The van der Waals surface area contributed by atoms with E-state index in [1.807, 2.05) is 17.0 Å². The summed E-state index contributed by atoms with van der Waals surface area (Å²) in [6.45, 7) is 2.40. The molecule has 0 bridgehead atoms. The van der Waals surface area contributed by atoms with Crippen molar-refractivity contribution in [2.45, 2.75) is 25.8 Å². The average Bonchev–Trinajstić information content (AvgIpc) is 3.20. The highest BCUT2D eigenvalue weighted by Crippen LogP contribution is 2.30. The van der Waals surface area contributed by atoms with Crippen LogP contribution in [-0.2, 0) is 9.53 Å². The topological polar surface area (TPSA) is 68.5 Å². The van der Waals surface area contributed by atoms with Crippen molar-refractivity contribution < 1.29 is 9.53 Å². The van der Waals surface area contributed by atoms with Crippen molar-refractivity contribution in [2.24, 2.45) is 5.73 Å². The van der Waals surface area contributed by atoms with Gasteiger partial charge in [-0.15, -0.1) is 0 Å². The molecule has 5 nitrogen and oxygen atoms in total. The molecule has 6 heteroatoms. The number of thiocarbonyl (C=S) groups is 1. The smallest absolute Gasteiger partial charge is 0.325 e. The van der Waals surface area contributed by atoms with Gasteiger partial charge in [0.2, 0.25) is 0 Å². The van der Waals surface area contributed by atoms with Crippen LogP contribution in [-0.4, -0.2) is 35.1 Å². The van der Waals surface area contributed by atoms with Gasteiger partial charge in [-0.25, -0.2) is 4.98 Å². The highest BCUT2D eigenvalue weighted by molar-refractivity contribution is 7.80. The second-order valence-electron chi connectivity index (χ2n) is 4.41. The van der Waals surface area contributed by atoms with Gasteiger partial charge in [-0.05, 0) is 31.9 Å². The van der Waals surface area contributed by atoms with Gasteiger partial charge in [0.25, 0.3) is 0 Å². The highest BCUT2D eigenvalue weighted by Gasteiger charge is 2.31. The van der Waals surface area contributed by atoms with Crippen molar-refractivity contribution in [2.75, 3.05) is 18.1 Å². The number of hydrogen-bond acceptors (Lipinski definition) is 5. The molecule has 0 amide bonds. The van der Waals surface area contributed by atoms with E-state index in [1.165, 1.54) is 0 Å². The number of ether oxygens (including phenoxy) is 1. The van der Waals surface area contributed by atoms with E-state index in [1.54, 1.807) is 13.0 Å². The van der Waals surface area contributed by atoms with Gasteiger partial charge in [-0.1, -0.05) is 18.3 Å². The van der Waals surface area contributed by atoms with Crippen molar-refractivity contribution in [3.05, 3.63) is 23.9 Å². The average molecular weight is 279 g/mol. The first kappa shape index (κ1) is 13.7. The maximum atomic E-state index is 11.6. The predicted octanol–water partition coefficient (Wildman–Crippen LogP) is 1.25. The van der Waals surface area contributed by atoms with E-state index in [9.17, 15) is 4.79 Å². The Hall–Kier alpha value is -1.69. The minimum atomic E-state index is -0.239. The van der Waals surface area contributed by atoms with Gasteiger partial charge in [0.1, 0.15) is 17.4 Å². The Balaban J connectivity index is 2.16. The molecule has 0 radical (unpaired) electrons. The lowest BCUT2D eigenvalue weighted by atomic mass is 10.3. The van der Waals surface area contributed by atoms with E-state index in [0.29, 0.717) is 18.3 Å². The van der Waals surface area contributed by atoms with E-state index in [-0.39, 0.29) is 17.5 Å². The molecule has 102 valence electrons. The molecule has 1 heterocycles. The Kier molecular flexibility index (Phi) is 4.31. The zero-order chi connectivity index (χ0) is 13.8. The summed E-state index contributed by atoms with van der Waals surface area (Å²) in [5.74, 6) is 0.484. The number of nitrogens with two attached hydrogens (primary N) is 1. The Morgan fingerprint density at radius 3 is 2.89 bits per heavy atom. The summed E-state index contributed by atoms with van der Waals surface area (Å²) in [5.41, 5.74) is 6.15. The molecule has 19 heavy (non-hydrogen) atoms. The Morgan fingerprint density at radius 2 is 2.32 bits per heavy atom. The fraction of sp³-hybridized carbons (Fsp3) is 0.462. The maximum Gasteiger partial charge on any atom is 0.325 e. The molecule has 1 aliphatic rings. The SMILES string of the molecule is CCOC(=O)CN(c1cccc(C(N)=S)n1)C1CC1. The van der Waals surface area contributed by atoms with Gasteiger partial charge in [0.15, 0.2) is 0 Å². The van der Waals surface area contributed by atoms with Crippen LogP contribution in [0.2, 0.25) is 0 Å². The third-order valence-corrected chi connectivity index (χ3v) is 3.08. The molecular formula is C13H17N3O2S. The second kappa shape index (κ2) is 5.97. The minimum Gasteiger partial charge on any atom is -0.465 e. The number of carbonyl (C=O) groups is 1. The molecule has 0 spiro atoms. The first-order chi connectivity index (χ1) is 9.11. The van der Waals surface area contributed by atoms with Gasteiger partial charge in [-0.2, -0.15) is 0 Å². The number of anilines is 1. The molecule has 0 aromatic carbocycles. The zero-order valence-corrected chi connectivity index (χ0v) is 11.7. The standard InChI is InChI=1S/C13H17N3O2S/c1-2-18-12(17)8-16(9-6-7-9)11-5-3-4-10(15-11)13(14)19/h3-5,9H,2,6-8H2,1H3,(H2,14,19). The van der Waals surface area contributed by atoms with Crippen molar-refractivity contribution in [1.82, 2.24) is 4.98 Å². The highest BCUT2D eigenvalue weighted by atomic mass is 32.1. The monoisotopic (exact) mass is 279 g/mol. The molecule has 0 atom stereocenters. The van der Waals surface area contributed by atoms with Crippen LogP contribution in [0.15, 0.2) is 18.2 Å².